The zero-order valence-electron chi connectivity index (χ0n) is 11.0. The van der Waals surface area contributed by atoms with Gasteiger partial charge in [-0.25, -0.2) is 19.6 Å². The van der Waals surface area contributed by atoms with Crippen LogP contribution in [0, 0.1) is 11.3 Å². The Morgan fingerprint density at radius 3 is 2.81 bits per heavy atom. The van der Waals surface area contributed by atoms with E-state index in [-0.39, 0.29) is 0 Å². The first-order valence-corrected chi connectivity index (χ1v) is 6.27. The SMILES string of the molecule is N#Cc1cnc(NCc2cccnc2-n2cccn2)cn1. The molecule has 0 amide bonds. The maximum Gasteiger partial charge on any atom is 0.158 e. The molecule has 3 aromatic rings. The summed E-state index contributed by atoms with van der Waals surface area (Å²) in [5.41, 5.74) is 1.27. The number of hydrogen-bond acceptors (Lipinski definition) is 6. The quantitative estimate of drug-likeness (QED) is 0.777. The van der Waals surface area contributed by atoms with Gasteiger partial charge in [-0.2, -0.15) is 10.4 Å². The van der Waals surface area contributed by atoms with Crippen LogP contribution in [0.25, 0.3) is 5.82 Å². The Bertz CT molecular complexity index is 757. The Kier molecular flexibility index (Phi) is 3.52. The van der Waals surface area contributed by atoms with Gasteiger partial charge in [-0.05, 0) is 12.1 Å². The lowest BCUT2D eigenvalue weighted by atomic mass is 10.2. The van der Waals surface area contributed by atoms with Gasteiger partial charge in [0, 0.05) is 30.7 Å². The zero-order chi connectivity index (χ0) is 14.5. The number of nitrogens with one attached hydrogen (secondary N) is 1. The lowest BCUT2D eigenvalue weighted by Crippen LogP contribution is -2.08. The van der Waals surface area contributed by atoms with Crippen molar-refractivity contribution < 1.29 is 0 Å². The van der Waals surface area contributed by atoms with Gasteiger partial charge in [-0.3, -0.25) is 0 Å². The van der Waals surface area contributed by atoms with Gasteiger partial charge in [-0.15, -0.1) is 0 Å². The largest absolute Gasteiger partial charge is 0.365 e. The number of anilines is 1. The van der Waals surface area contributed by atoms with Crippen molar-refractivity contribution in [2.24, 2.45) is 0 Å². The van der Waals surface area contributed by atoms with Crippen LogP contribution in [0.1, 0.15) is 11.3 Å². The standard InChI is InChI=1S/C14H11N7/c15-7-12-9-19-13(10-17-12)18-8-11-3-1-4-16-14(11)21-6-2-5-20-21/h1-6,9-10H,8H2,(H,18,19). The van der Waals surface area contributed by atoms with Gasteiger partial charge >= 0.3 is 0 Å². The molecule has 0 bridgehead atoms. The van der Waals surface area contributed by atoms with Crippen molar-refractivity contribution in [3.8, 4) is 11.9 Å². The Balaban J connectivity index is 1.78. The van der Waals surface area contributed by atoms with Crippen LogP contribution in [-0.2, 0) is 6.54 Å². The van der Waals surface area contributed by atoms with Gasteiger partial charge < -0.3 is 5.32 Å². The Labute approximate surface area is 120 Å². The number of rotatable bonds is 4. The summed E-state index contributed by atoms with van der Waals surface area (Å²) in [5.74, 6) is 1.36. The number of pyridine rings is 1. The van der Waals surface area contributed by atoms with E-state index in [2.05, 4.69) is 25.4 Å². The predicted octanol–water partition coefficient (Wildman–Crippen LogP) is 1.54. The molecule has 0 aliphatic rings. The van der Waals surface area contributed by atoms with E-state index in [0.29, 0.717) is 18.1 Å². The van der Waals surface area contributed by atoms with Crippen molar-refractivity contribution in [3.63, 3.8) is 0 Å². The Morgan fingerprint density at radius 2 is 2.10 bits per heavy atom. The average Bonchev–Trinajstić information content (AvgIpc) is 3.08. The number of hydrogen-bond donors (Lipinski definition) is 1. The van der Waals surface area contributed by atoms with E-state index in [4.69, 9.17) is 5.26 Å². The van der Waals surface area contributed by atoms with E-state index in [0.717, 1.165) is 11.4 Å². The lowest BCUT2D eigenvalue weighted by molar-refractivity contribution is 0.828. The van der Waals surface area contributed by atoms with E-state index in [9.17, 15) is 0 Å². The molecule has 0 aliphatic heterocycles. The molecule has 0 radical (unpaired) electrons. The topological polar surface area (TPSA) is 92.3 Å². The summed E-state index contributed by atoms with van der Waals surface area (Å²) >= 11 is 0. The molecule has 102 valence electrons. The molecule has 0 spiro atoms. The van der Waals surface area contributed by atoms with Crippen LogP contribution in [0.2, 0.25) is 0 Å². The molecule has 3 aromatic heterocycles. The average molecular weight is 277 g/mol. The smallest absolute Gasteiger partial charge is 0.158 e. The van der Waals surface area contributed by atoms with Crippen LogP contribution in [0.5, 0.6) is 0 Å². The molecular weight excluding hydrogens is 266 g/mol. The molecule has 0 atom stereocenters. The molecule has 7 nitrogen and oxygen atoms in total. The Hall–Kier alpha value is -3.27. The molecule has 0 saturated carbocycles. The first-order valence-electron chi connectivity index (χ1n) is 6.27. The highest BCUT2D eigenvalue weighted by atomic mass is 15.3. The highest BCUT2D eigenvalue weighted by Crippen LogP contribution is 2.12. The van der Waals surface area contributed by atoms with Gasteiger partial charge in [0.15, 0.2) is 11.5 Å². The fraction of sp³-hybridized carbons (Fsp3) is 0.0714. The second-order valence-corrected chi connectivity index (χ2v) is 4.19. The van der Waals surface area contributed by atoms with Crippen molar-refractivity contribution >= 4 is 5.82 Å². The maximum absolute atomic E-state index is 8.69. The summed E-state index contributed by atoms with van der Waals surface area (Å²) in [6.45, 7) is 0.531. The van der Waals surface area contributed by atoms with Crippen LogP contribution in [0.4, 0.5) is 5.82 Å². The van der Waals surface area contributed by atoms with Gasteiger partial charge in [0.25, 0.3) is 0 Å². The second-order valence-electron chi connectivity index (χ2n) is 4.19. The fourth-order valence-electron chi connectivity index (χ4n) is 1.83. The molecule has 0 saturated heterocycles. The minimum Gasteiger partial charge on any atom is -0.365 e. The fourth-order valence-corrected chi connectivity index (χ4v) is 1.83. The molecule has 0 aromatic carbocycles. The molecule has 3 heterocycles. The van der Waals surface area contributed by atoms with Crippen LogP contribution in [0.15, 0.2) is 49.2 Å². The van der Waals surface area contributed by atoms with Crippen molar-refractivity contribution in [3.05, 3.63) is 60.4 Å². The van der Waals surface area contributed by atoms with Crippen molar-refractivity contribution in [1.29, 1.82) is 5.26 Å². The van der Waals surface area contributed by atoms with E-state index in [1.54, 1.807) is 17.1 Å². The number of aromatic nitrogens is 5. The third-order valence-electron chi connectivity index (χ3n) is 2.82. The first-order chi connectivity index (χ1) is 10.4. The van der Waals surface area contributed by atoms with Crippen molar-refractivity contribution in [1.82, 2.24) is 24.7 Å². The van der Waals surface area contributed by atoms with Crippen LogP contribution >= 0.6 is 0 Å². The number of nitriles is 1. The minimum absolute atomic E-state index is 0.291. The normalized spacial score (nSPS) is 10.0. The highest BCUT2D eigenvalue weighted by molar-refractivity contribution is 5.39. The predicted molar refractivity (Wildman–Crippen MR) is 75.4 cm³/mol. The first kappa shape index (κ1) is 12.7. The van der Waals surface area contributed by atoms with Crippen LogP contribution in [0.3, 0.4) is 0 Å². The van der Waals surface area contributed by atoms with Crippen molar-refractivity contribution in [2.75, 3.05) is 5.32 Å². The maximum atomic E-state index is 8.69. The van der Waals surface area contributed by atoms with E-state index < -0.39 is 0 Å². The summed E-state index contributed by atoms with van der Waals surface area (Å²) in [6, 6.07) is 7.61. The van der Waals surface area contributed by atoms with Gasteiger partial charge in [0.1, 0.15) is 11.9 Å². The zero-order valence-corrected chi connectivity index (χ0v) is 11.0. The van der Waals surface area contributed by atoms with Crippen LogP contribution in [-0.4, -0.2) is 24.7 Å². The van der Waals surface area contributed by atoms with Crippen molar-refractivity contribution in [2.45, 2.75) is 6.54 Å². The molecule has 3 rings (SSSR count). The van der Waals surface area contributed by atoms with Gasteiger partial charge in [0.05, 0.1) is 12.4 Å². The molecule has 0 aliphatic carbocycles. The molecule has 0 unspecified atom stereocenters. The summed E-state index contributed by atoms with van der Waals surface area (Å²) < 4.78 is 1.71. The molecule has 1 N–H and O–H groups in total. The third-order valence-corrected chi connectivity index (χ3v) is 2.82. The monoisotopic (exact) mass is 277 g/mol. The molecular formula is C14H11N7. The second kappa shape index (κ2) is 5.79. The van der Waals surface area contributed by atoms with E-state index >= 15 is 0 Å². The highest BCUT2D eigenvalue weighted by Gasteiger charge is 2.06. The summed E-state index contributed by atoms with van der Waals surface area (Å²) in [4.78, 5) is 12.4. The number of nitrogens with zero attached hydrogens (tertiary/aromatic N) is 6. The summed E-state index contributed by atoms with van der Waals surface area (Å²) in [7, 11) is 0. The van der Waals surface area contributed by atoms with Gasteiger partial charge in [-0.1, -0.05) is 6.07 Å². The summed E-state index contributed by atoms with van der Waals surface area (Å²) in [6.07, 6.45) is 8.23. The molecule has 7 heteroatoms. The van der Waals surface area contributed by atoms with E-state index in [1.165, 1.54) is 12.4 Å². The third kappa shape index (κ3) is 2.84. The minimum atomic E-state index is 0.291. The lowest BCUT2D eigenvalue weighted by Gasteiger charge is -2.09. The molecule has 21 heavy (non-hydrogen) atoms. The van der Waals surface area contributed by atoms with Crippen LogP contribution < -0.4 is 5.32 Å². The summed E-state index contributed by atoms with van der Waals surface area (Å²) in [5, 5.41) is 16.0. The van der Waals surface area contributed by atoms with E-state index in [1.807, 2.05) is 30.5 Å². The molecule has 0 fully saturated rings. The van der Waals surface area contributed by atoms with Gasteiger partial charge in [0.2, 0.25) is 0 Å². The Morgan fingerprint density at radius 1 is 1.14 bits per heavy atom.